The zero-order valence-electron chi connectivity index (χ0n) is 15.1. The fraction of sp³-hybridized carbons (Fsp3) is 0.222. The fourth-order valence-electron chi connectivity index (χ4n) is 2.35. The van der Waals surface area contributed by atoms with Crippen LogP contribution in [0.4, 0.5) is 5.69 Å². The maximum Gasteiger partial charge on any atom is 0.264 e. The van der Waals surface area contributed by atoms with Crippen molar-refractivity contribution >= 4 is 27.5 Å². The summed E-state index contributed by atoms with van der Waals surface area (Å²) >= 11 is 0. The molecule has 0 bridgehead atoms. The Labute approximate surface area is 157 Å². The molecule has 2 N–H and O–H groups in total. The van der Waals surface area contributed by atoms with E-state index in [4.69, 9.17) is 9.47 Å². The van der Waals surface area contributed by atoms with Crippen molar-refractivity contribution in [2.45, 2.75) is 18.2 Å². The lowest BCUT2D eigenvalue weighted by Gasteiger charge is -2.10. The lowest BCUT2D eigenvalue weighted by Crippen LogP contribution is -2.28. The molecule has 0 radical (unpaired) electrons. The molecule has 0 aromatic heterocycles. The Bertz CT molecular complexity index is 939. The Morgan fingerprint density at radius 3 is 2.15 bits per heavy atom. The average Bonchev–Trinajstić information content (AvgIpc) is 2.60. The van der Waals surface area contributed by atoms with Gasteiger partial charge in [-0.1, -0.05) is 6.07 Å². The standard InChI is InChI=1S/C18H20N2O6S/c1-12(21)20-27(23,24)15-7-5-14(6-8-15)19-18(22)11-13-4-9-16(25-2)17(10-13)26-3/h4-10H,11H2,1-3H3,(H,19,22)(H,20,21). The van der Waals surface area contributed by atoms with Gasteiger partial charge in [-0.25, -0.2) is 13.1 Å². The molecule has 0 fully saturated rings. The van der Waals surface area contributed by atoms with E-state index in [1.54, 1.807) is 18.2 Å². The summed E-state index contributed by atoms with van der Waals surface area (Å²) in [5, 5.41) is 2.68. The van der Waals surface area contributed by atoms with Crippen LogP contribution in [-0.4, -0.2) is 34.5 Å². The lowest BCUT2D eigenvalue weighted by molar-refractivity contribution is -0.117. The van der Waals surface area contributed by atoms with Gasteiger partial charge < -0.3 is 14.8 Å². The molecule has 0 aliphatic rings. The molecule has 0 aliphatic heterocycles. The highest BCUT2D eigenvalue weighted by molar-refractivity contribution is 7.90. The fourth-order valence-corrected chi connectivity index (χ4v) is 3.34. The van der Waals surface area contributed by atoms with E-state index in [1.165, 1.54) is 38.5 Å². The van der Waals surface area contributed by atoms with Gasteiger partial charge in [0, 0.05) is 12.6 Å². The monoisotopic (exact) mass is 392 g/mol. The van der Waals surface area contributed by atoms with Crippen molar-refractivity contribution in [1.29, 1.82) is 0 Å². The molecule has 2 aromatic carbocycles. The van der Waals surface area contributed by atoms with E-state index >= 15 is 0 Å². The molecule has 2 rings (SSSR count). The zero-order chi connectivity index (χ0) is 20.0. The number of carbonyl (C=O) groups is 2. The molecule has 0 aliphatic carbocycles. The third kappa shape index (κ3) is 5.45. The Morgan fingerprint density at radius 2 is 1.59 bits per heavy atom. The first kappa shape index (κ1) is 20.2. The van der Waals surface area contributed by atoms with Gasteiger partial charge in [0.2, 0.25) is 11.8 Å². The molecule has 144 valence electrons. The summed E-state index contributed by atoms with van der Waals surface area (Å²) in [4.78, 5) is 23.1. The molecule has 0 atom stereocenters. The molecule has 2 aromatic rings. The number of hydrogen-bond acceptors (Lipinski definition) is 6. The number of rotatable bonds is 7. The average molecular weight is 392 g/mol. The second-order valence-corrected chi connectivity index (χ2v) is 7.28. The van der Waals surface area contributed by atoms with E-state index in [0.717, 1.165) is 12.5 Å². The number of sulfonamides is 1. The summed E-state index contributed by atoms with van der Waals surface area (Å²) < 4.78 is 36.0. The highest BCUT2D eigenvalue weighted by Gasteiger charge is 2.15. The minimum atomic E-state index is -3.91. The topological polar surface area (TPSA) is 111 Å². The highest BCUT2D eigenvalue weighted by atomic mass is 32.2. The first-order chi connectivity index (χ1) is 12.7. The number of hydrogen-bond donors (Lipinski definition) is 2. The van der Waals surface area contributed by atoms with Crippen molar-refractivity contribution in [3.8, 4) is 11.5 Å². The molecular weight excluding hydrogens is 372 g/mol. The van der Waals surface area contributed by atoms with Gasteiger partial charge in [-0.3, -0.25) is 9.59 Å². The summed E-state index contributed by atoms with van der Waals surface area (Å²) in [6.45, 7) is 1.11. The highest BCUT2D eigenvalue weighted by Crippen LogP contribution is 2.27. The Morgan fingerprint density at radius 1 is 0.963 bits per heavy atom. The van der Waals surface area contributed by atoms with Crippen LogP contribution in [0.5, 0.6) is 11.5 Å². The number of nitrogens with one attached hydrogen (secondary N) is 2. The van der Waals surface area contributed by atoms with E-state index < -0.39 is 15.9 Å². The van der Waals surface area contributed by atoms with Crippen LogP contribution in [0.15, 0.2) is 47.4 Å². The van der Waals surface area contributed by atoms with Crippen molar-refractivity contribution in [3.63, 3.8) is 0 Å². The van der Waals surface area contributed by atoms with E-state index in [1.807, 2.05) is 4.72 Å². The number of carbonyl (C=O) groups excluding carboxylic acids is 2. The van der Waals surface area contributed by atoms with Crippen LogP contribution in [0.1, 0.15) is 12.5 Å². The molecule has 27 heavy (non-hydrogen) atoms. The van der Waals surface area contributed by atoms with E-state index in [0.29, 0.717) is 17.2 Å². The van der Waals surface area contributed by atoms with Crippen LogP contribution in [0.25, 0.3) is 0 Å². The Hall–Kier alpha value is -3.07. The van der Waals surface area contributed by atoms with Gasteiger partial charge in [0.15, 0.2) is 11.5 Å². The smallest absolute Gasteiger partial charge is 0.264 e. The maximum absolute atomic E-state index is 12.2. The predicted molar refractivity (Wildman–Crippen MR) is 99.3 cm³/mol. The van der Waals surface area contributed by atoms with Gasteiger partial charge in [0.25, 0.3) is 10.0 Å². The summed E-state index contributed by atoms with van der Waals surface area (Å²) in [7, 11) is -0.866. The van der Waals surface area contributed by atoms with Gasteiger partial charge in [-0.05, 0) is 42.0 Å². The largest absolute Gasteiger partial charge is 0.493 e. The van der Waals surface area contributed by atoms with Crippen molar-refractivity contribution in [3.05, 3.63) is 48.0 Å². The summed E-state index contributed by atoms with van der Waals surface area (Å²) in [5.74, 6) is 0.134. The van der Waals surface area contributed by atoms with Gasteiger partial charge in [-0.15, -0.1) is 0 Å². The predicted octanol–water partition coefficient (Wildman–Crippen LogP) is 1.71. The van der Waals surface area contributed by atoms with Crippen LogP contribution < -0.4 is 19.5 Å². The van der Waals surface area contributed by atoms with E-state index in [9.17, 15) is 18.0 Å². The van der Waals surface area contributed by atoms with Crippen molar-refractivity contribution in [2.24, 2.45) is 0 Å². The van der Waals surface area contributed by atoms with Gasteiger partial charge in [0.1, 0.15) is 0 Å². The zero-order valence-corrected chi connectivity index (χ0v) is 15.9. The molecule has 0 heterocycles. The van der Waals surface area contributed by atoms with Crippen LogP contribution >= 0.6 is 0 Å². The van der Waals surface area contributed by atoms with Crippen molar-refractivity contribution in [1.82, 2.24) is 4.72 Å². The van der Waals surface area contributed by atoms with Crippen LogP contribution in [0.2, 0.25) is 0 Å². The van der Waals surface area contributed by atoms with Crippen molar-refractivity contribution in [2.75, 3.05) is 19.5 Å². The maximum atomic E-state index is 12.2. The molecule has 8 nitrogen and oxygen atoms in total. The first-order valence-corrected chi connectivity index (χ1v) is 9.37. The second-order valence-electron chi connectivity index (χ2n) is 5.60. The number of amides is 2. The molecule has 9 heteroatoms. The van der Waals surface area contributed by atoms with Crippen molar-refractivity contribution < 1.29 is 27.5 Å². The van der Waals surface area contributed by atoms with Gasteiger partial charge in [0.05, 0.1) is 25.5 Å². The van der Waals surface area contributed by atoms with Crippen LogP contribution in [-0.2, 0) is 26.0 Å². The lowest BCUT2D eigenvalue weighted by atomic mass is 10.1. The van der Waals surface area contributed by atoms with Gasteiger partial charge in [-0.2, -0.15) is 0 Å². The first-order valence-electron chi connectivity index (χ1n) is 7.89. The molecule has 0 saturated carbocycles. The number of ether oxygens (including phenoxy) is 2. The minimum absolute atomic E-state index is 0.0735. The molecule has 0 unspecified atom stereocenters. The van der Waals surface area contributed by atoms with E-state index in [2.05, 4.69) is 5.32 Å². The third-order valence-corrected chi connectivity index (χ3v) is 4.99. The molecule has 0 saturated heterocycles. The quantitative estimate of drug-likeness (QED) is 0.742. The number of benzene rings is 2. The summed E-state index contributed by atoms with van der Waals surface area (Å²) in [6, 6.07) is 10.7. The Kier molecular flexibility index (Phi) is 6.40. The minimum Gasteiger partial charge on any atom is -0.493 e. The van der Waals surface area contributed by atoms with Crippen LogP contribution in [0.3, 0.4) is 0 Å². The second kappa shape index (κ2) is 8.54. The van der Waals surface area contributed by atoms with E-state index in [-0.39, 0.29) is 17.2 Å². The van der Waals surface area contributed by atoms with Gasteiger partial charge >= 0.3 is 0 Å². The molecule has 0 spiro atoms. The SMILES string of the molecule is COc1ccc(CC(=O)Nc2ccc(S(=O)(=O)NC(C)=O)cc2)cc1OC. The molecule has 2 amide bonds. The number of methoxy groups -OCH3 is 2. The Balaban J connectivity index is 2.05. The summed E-state index contributed by atoms with van der Waals surface area (Å²) in [6.07, 6.45) is 0.103. The van der Waals surface area contributed by atoms with Crippen LogP contribution in [0, 0.1) is 0 Å². The normalized spacial score (nSPS) is 10.8. The number of anilines is 1. The third-order valence-electron chi connectivity index (χ3n) is 3.54. The summed E-state index contributed by atoms with van der Waals surface area (Å²) in [5.41, 5.74) is 1.16. The molecular formula is C18H20N2O6S.